The van der Waals surface area contributed by atoms with Crippen LogP contribution in [0.4, 0.5) is 4.39 Å². The molecule has 0 aliphatic heterocycles. The van der Waals surface area contributed by atoms with E-state index in [9.17, 15) is 19.4 Å². The monoisotopic (exact) mass is 402 g/mol. The predicted molar refractivity (Wildman–Crippen MR) is 110 cm³/mol. The van der Waals surface area contributed by atoms with Crippen LogP contribution in [-0.4, -0.2) is 39.7 Å². The van der Waals surface area contributed by atoms with Gasteiger partial charge in [0.15, 0.2) is 0 Å². The maximum Gasteiger partial charge on any atom is 0.303 e. The Morgan fingerprint density at radius 2 is 1.90 bits per heavy atom. The Bertz CT molecular complexity index is 719. The van der Waals surface area contributed by atoms with Gasteiger partial charge in [-0.05, 0) is 55.1 Å². The Hall–Kier alpha value is -1.98. The van der Waals surface area contributed by atoms with E-state index < -0.39 is 30.3 Å². The third kappa shape index (κ3) is 5.77. The number of unbranched alkanes of at least 4 members (excludes halogenated alkanes) is 1. The highest BCUT2D eigenvalue weighted by molar-refractivity contribution is 5.66. The quantitative estimate of drug-likeness (QED) is 0.433. The van der Waals surface area contributed by atoms with Crippen molar-refractivity contribution in [3.8, 4) is 0 Å². The van der Waals surface area contributed by atoms with E-state index in [2.05, 4.69) is 12.1 Å². The summed E-state index contributed by atoms with van der Waals surface area (Å²) in [5, 5.41) is 29.5. The van der Waals surface area contributed by atoms with Gasteiger partial charge in [-0.1, -0.05) is 48.6 Å². The van der Waals surface area contributed by atoms with Crippen LogP contribution in [0.2, 0.25) is 0 Å². The number of fused-ring (bicyclic) bond motifs is 1. The van der Waals surface area contributed by atoms with Crippen LogP contribution in [0.1, 0.15) is 43.2 Å². The van der Waals surface area contributed by atoms with Gasteiger partial charge in [-0.25, -0.2) is 4.39 Å². The van der Waals surface area contributed by atoms with Gasteiger partial charge in [0.25, 0.3) is 0 Å². The molecule has 2 aliphatic rings. The summed E-state index contributed by atoms with van der Waals surface area (Å²) in [5.41, 5.74) is 2.55. The smallest absolute Gasteiger partial charge is 0.303 e. The molecule has 5 unspecified atom stereocenters. The summed E-state index contributed by atoms with van der Waals surface area (Å²) in [7, 11) is 0. The molecule has 0 bridgehead atoms. The maximum atomic E-state index is 14.5. The number of hydrogen-bond donors (Lipinski definition) is 3. The van der Waals surface area contributed by atoms with Crippen molar-refractivity contribution in [3.63, 3.8) is 0 Å². The van der Waals surface area contributed by atoms with Crippen molar-refractivity contribution >= 4 is 5.97 Å². The van der Waals surface area contributed by atoms with E-state index in [0.29, 0.717) is 19.3 Å². The number of rotatable bonds is 9. The van der Waals surface area contributed by atoms with E-state index in [-0.39, 0.29) is 24.7 Å². The normalized spacial score (nSPS) is 28.4. The molecular formula is C24H31FO4. The number of carboxylic acids is 1. The lowest BCUT2D eigenvalue weighted by atomic mass is 9.89. The Morgan fingerprint density at radius 1 is 1.21 bits per heavy atom. The Balaban J connectivity index is 1.53. The fraction of sp³-hybridized carbons (Fsp3) is 0.542. The Kier molecular flexibility index (Phi) is 7.62. The third-order valence-corrected chi connectivity index (χ3v) is 6.31. The number of aliphatic hydroxyl groups excluding tert-OH is 2. The van der Waals surface area contributed by atoms with E-state index in [4.69, 9.17) is 5.11 Å². The molecule has 0 heterocycles. The van der Waals surface area contributed by atoms with Crippen LogP contribution in [0.25, 0.3) is 0 Å². The summed E-state index contributed by atoms with van der Waals surface area (Å²) >= 11 is 0. The second kappa shape index (κ2) is 10.2. The minimum Gasteiger partial charge on any atom is -0.481 e. The number of aliphatic carboxylic acids is 1. The fourth-order valence-electron chi connectivity index (χ4n) is 4.64. The third-order valence-electron chi connectivity index (χ3n) is 6.31. The fourth-order valence-corrected chi connectivity index (χ4v) is 4.64. The first-order valence-electron chi connectivity index (χ1n) is 10.6. The average Bonchev–Trinajstić information content (AvgIpc) is 3.23. The standard InChI is InChI=1S/C24H31FO4/c25-21-15-23(27)20(9-3-1-2-4-10-24(28)29)19(21)11-12-22(26)18-13-16-7-5-6-8-17(16)14-18/h1,3,5-8,11-12,18-23,26-27H,2,4,9-10,13-15H2,(H,28,29). The summed E-state index contributed by atoms with van der Waals surface area (Å²) in [4.78, 5) is 10.5. The van der Waals surface area contributed by atoms with Crippen molar-refractivity contribution in [1.82, 2.24) is 0 Å². The van der Waals surface area contributed by atoms with E-state index >= 15 is 0 Å². The van der Waals surface area contributed by atoms with Crippen molar-refractivity contribution in [2.75, 3.05) is 0 Å². The van der Waals surface area contributed by atoms with E-state index in [1.54, 1.807) is 12.2 Å². The van der Waals surface area contributed by atoms with Crippen LogP contribution in [0.5, 0.6) is 0 Å². The molecule has 1 saturated carbocycles. The molecule has 29 heavy (non-hydrogen) atoms. The van der Waals surface area contributed by atoms with Crippen molar-refractivity contribution in [2.24, 2.45) is 17.8 Å². The number of aliphatic hydroxyl groups is 2. The van der Waals surface area contributed by atoms with Gasteiger partial charge in [-0.3, -0.25) is 4.79 Å². The average molecular weight is 403 g/mol. The second-order valence-corrected chi connectivity index (χ2v) is 8.37. The van der Waals surface area contributed by atoms with Gasteiger partial charge in [-0.2, -0.15) is 0 Å². The number of benzene rings is 1. The SMILES string of the molecule is O=C(O)CCCC=CCC1C(O)CC(F)C1C=CC(O)C1Cc2ccccc2C1. The van der Waals surface area contributed by atoms with Gasteiger partial charge >= 0.3 is 5.97 Å². The van der Waals surface area contributed by atoms with Gasteiger partial charge in [0.2, 0.25) is 0 Å². The van der Waals surface area contributed by atoms with Gasteiger partial charge in [0.1, 0.15) is 6.17 Å². The molecule has 1 fully saturated rings. The lowest BCUT2D eigenvalue weighted by molar-refractivity contribution is -0.137. The van der Waals surface area contributed by atoms with Gasteiger partial charge in [0.05, 0.1) is 12.2 Å². The van der Waals surface area contributed by atoms with Crippen LogP contribution in [-0.2, 0) is 17.6 Å². The topological polar surface area (TPSA) is 77.8 Å². The first-order valence-corrected chi connectivity index (χ1v) is 10.6. The highest BCUT2D eigenvalue weighted by Crippen LogP contribution is 2.38. The molecule has 1 aromatic carbocycles. The molecular weight excluding hydrogens is 371 g/mol. The number of hydrogen-bond acceptors (Lipinski definition) is 3. The lowest BCUT2D eigenvalue weighted by Gasteiger charge is -2.20. The molecule has 2 aliphatic carbocycles. The Labute approximate surface area is 171 Å². The molecule has 0 amide bonds. The van der Waals surface area contributed by atoms with E-state index in [1.165, 1.54) is 11.1 Å². The summed E-state index contributed by atoms with van der Waals surface area (Å²) < 4.78 is 14.5. The van der Waals surface area contributed by atoms with Crippen molar-refractivity contribution in [1.29, 1.82) is 0 Å². The van der Waals surface area contributed by atoms with Crippen LogP contribution < -0.4 is 0 Å². The van der Waals surface area contributed by atoms with Crippen LogP contribution in [0.15, 0.2) is 48.6 Å². The summed E-state index contributed by atoms with van der Waals surface area (Å²) in [5.74, 6) is -1.32. The molecule has 0 saturated heterocycles. The first kappa shape index (κ1) is 21.7. The molecule has 0 aromatic heterocycles. The minimum atomic E-state index is -1.11. The van der Waals surface area contributed by atoms with Gasteiger partial charge in [-0.15, -0.1) is 0 Å². The first-order chi connectivity index (χ1) is 14.0. The number of allylic oxidation sites excluding steroid dienone is 3. The molecule has 158 valence electrons. The van der Waals surface area contributed by atoms with Crippen molar-refractivity contribution in [2.45, 2.75) is 63.3 Å². The predicted octanol–water partition coefficient (Wildman–Crippen LogP) is 3.85. The summed E-state index contributed by atoms with van der Waals surface area (Å²) in [6.45, 7) is 0. The molecule has 0 radical (unpaired) electrons. The molecule has 1 aromatic rings. The van der Waals surface area contributed by atoms with Gasteiger partial charge in [0, 0.05) is 18.8 Å². The highest BCUT2D eigenvalue weighted by atomic mass is 19.1. The highest BCUT2D eigenvalue weighted by Gasteiger charge is 2.40. The molecule has 5 heteroatoms. The maximum absolute atomic E-state index is 14.5. The largest absolute Gasteiger partial charge is 0.481 e. The van der Waals surface area contributed by atoms with Crippen molar-refractivity contribution < 1.29 is 24.5 Å². The molecule has 3 rings (SSSR count). The summed E-state index contributed by atoms with van der Waals surface area (Å²) in [6.07, 6.45) is 8.57. The van der Waals surface area contributed by atoms with Gasteiger partial charge < -0.3 is 15.3 Å². The van der Waals surface area contributed by atoms with E-state index in [1.807, 2.05) is 24.3 Å². The van der Waals surface area contributed by atoms with Crippen LogP contribution in [0, 0.1) is 17.8 Å². The van der Waals surface area contributed by atoms with E-state index in [0.717, 1.165) is 12.8 Å². The van der Waals surface area contributed by atoms with Crippen LogP contribution >= 0.6 is 0 Å². The number of halogens is 1. The molecule has 3 N–H and O–H groups in total. The summed E-state index contributed by atoms with van der Waals surface area (Å²) in [6, 6.07) is 8.21. The molecule has 4 nitrogen and oxygen atoms in total. The zero-order chi connectivity index (χ0) is 20.8. The molecule has 0 spiro atoms. The number of carboxylic acid groups (broad SMARTS) is 1. The Morgan fingerprint density at radius 3 is 2.55 bits per heavy atom. The number of carbonyl (C=O) groups is 1. The zero-order valence-electron chi connectivity index (χ0n) is 16.7. The van der Waals surface area contributed by atoms with Crippen molar-refractivity contribution in [3.05, 3.63) is 59.7 Å². The minimum absolute atomic E-state index is 0.112. The number of alkyl halides is 1. The molecule has 5 atom stereocenters. The van der Waals surface area contributed by atoms with Crippen LogP contribution in [0.3, 0.4) is 0 Å². The zero-order valence-corrected chi connectivity index (χ0v) is 16.7. The lowest BCUT2D eigenvalue weighted by Crippen LogP contribution is -2.21. The second-order valence-electron chi connectivity index (χ2n) is 8.37.